The van der Waals surface area contributed by atoms with E-state index < -0.39 is 5.97 Å². The van der Waals surface area contributed by atoms with Gasteiger partial charge in [-0.1, -0.05) is 12.0 Å². The van der Waals surface area contributed by atoms with Crippen molar-refractivity contribution in [1.82, 2.24) is 4.98 Å². The van der Waals surface area contributed by atoms with Crippen molar-refractivity contribution < 1.29 is 14.6 Å². The van der Waals surface area contributed by atoms with E-state index in [-0.39, 0.29) is 12.3 Å². The highest BCUT2D eigenvalue weighted by Gasteiger charge is 2.05. The maximum Gasteiger partial charge on any atom is 0.356 e. The van der Waals surface area contributed by atoms with Crippen LogP contribution in [-0.2, 0) is 4.74 Å². The largest absolute Gasteiger partial charge is 0.464 e. The molecule has 0 bridgehead atoms. The highest BCUT2D eigenvalue weighted by atomic mass is 16.5. The molecule has 0 aromatic carbocycles. The number of methoxy groups -OCH3 is 1. The number of carbonyl (C=O) groups is 1. The number of esters is 1. The van der Waals surface area contributed by atoms with Crippen molar-refractivity contribution in [2.45, 2.75) is 6.42 Å². The summed E-state index contributed by atoms with van der Waals surface area (Å²) in [4.78, 5) is 15.1. The molecule has 0 aliphatic heterocycles. The van der Waals surface area contributed by atoms with Crippen LogP contribution in [0.5, 0.6) is 0 Å². The van der Waals surface area contributed by atoms with E-state index in [1.807, 2.05) is 0 Å². The molecular formula is C11H11NO3. The number of hydrogen-bond donors (Lipinski definition) is 1. The predicted molar refractivity (Wildman–Crippen MR) is 54.2 cm³/mol. The molecule has 15 heavy (non-hydrogen) atoms. The van der Waals surface area contributed by atoms with Gasteiger partial charge in [0.05, 0.1) is 13.7 Å². The van der Waals surface area contributed by atoms with E-state index in [9.17, 15) is 4.79 Å². The predicted octanol–water partition coefficient (Wildman–Crippen LogP) is 0.602. The van der Waals surface area contributed by atoms with Crippen LogP contribution in [0.2, 0.25) is 0 Å². The van der Waals surface area contributed by atoms with Gasteiger partial charge in [0.1, 0.15) is 11.4 Å². The maximum atomic E-state index is 11.1. The van der Waals surface area contributed by atoms with Gasteiger partial charge in [0.25, 0.3) is 0 Å². The summed E-state index contributed by atoms with van der Waals surface area (Å²) in [5.74, 6) is 4.97. The number of rotatable bonds is 2. The Morgan fingerprint density at radius 3 is 3.07 bits per heavy atom. The van der Waals surface area contributed by atoms with E-state index in [0.717, 1.165) is 0 Å². The van der Waals surface area contributed by atoms with Crippen LogP contribution < -0.4 is 0 Å². The van der Waals surface area contributed by atoms with E-state index >= 15 is 0 Å². The highest BCUT2D eigenvalue weighted by molar-refractivity contribution is 5.87. The van der Waals surface area contributed by atoms with E-state index in [1.165, 1.54) is 7.11 Å². The molecule has 0 atom stereocenters. The van der Waals surface area contributed by atoms with Gasteiger partial charge in [0, 0.05) is 6.42 Å². The lowest BCUT2D eigenvalue weighted by molar-refractivity contribution is 0.0594. The maximum absolute atomic E-state index is 11.1. The first-order valence-corrected chi connectivity index (χ1v) is 4.43. The standard InChI is InChI=1S/C11H11NO3/c1-15-11(14)10-7-4-6-9(12-10)5-2-3-8-13/h4,6-7,13H,3,8H2,1H3. The van der Waals surface area contributed by atoms with Crippen LogP contribution in [0.1, 0.15) is 22.6 Å². The number of hydrogen-bond acceptors (Lipinski definition) is 4. The Hall–Kier alpha value is -1.86. The molecule has 0 unspecified atom stereocenters. The Balaban J connectivity index is 2.84. The van der Waals surface area contributed by atoms with Gasteiger partial charge in [-0.05, 0) is 18.1 Å². The Kier molecular flexibility index (Phi) is 4.32. The SMILES string of the molecule is COC(=O)c1cccc(C#CCCO)n1. The molecule has 1 heterocycles. The minimum atomic E-state index is -0.485. The summed E-state index contributed by atoms with van der Waals surface area (Å²) >= 11 is 0. The van der Waals surface area contributed by atoms with E-state index in [2.05, 4.69) is 21.6 Å². The number of pyridine rings is 1. The Morgan fingerprint density at radius 1 is 1.60 bits per heavy atom. The van der Waals surface area contributed by atoms with Gasteiger partial charge in [-0.3, -0.25) is 0 Å². The van der Waals surface area contributed by atoms with E-state index in [4.69, 9.17) is 5.11 Å². The van der Waals surface area contributed by atoms with Gasteiger partial charge >= 0.3 is 5.97 Å². The second kappa shape index (κ2) is 5.78. The lowest BCUT2D eigenvalue weighted by Crippen LogP contribution is -2.04. The molecule has 1 aromatic heterocycles. The zero-order valence-corrected chi connectivity index (χ0v) is 8.36. The molecule has 0 saturated heterocycles. The minimum Gasteiger partial charge on any atom is -0.464 e. The van der Waals surface area contributed by atoms with Crippen molar-refractivity contribution in [3.8, 4) is 11.8 Å². The normalized spacial score (nSPS) is 8.93. The summed E-state index contributed by atoms with van der Waals surface area (Å²) in [5, 5.41) is 8.53. The molecule has 0 aliphatic rings. The van der Waals surface area contributed by atoms with Gasteiger partial charge < -0.3 is 9.84 Å². The van der Waals surface area contributed by atoms with Gasteiger partial charge in [0.15, 0.2) is 0 Å². The minimum absolute atomic E-state index is 0.0176. The summed E-state index contributed by atoms with van der Waals surface area (Å²) in [5.41, 5.74) is 0.722. The van der Waals surface area contributed by atoms with Crippen molar-refractivity contribution in [1.29, 1.82) is 0 Å². The summed E-state index contributed by atoms with van der Waals surface area (Å²) in [6.45, 7) is 0.0176. The molecule has 4 nitrogen and oxygen atoms in total. The molecular weight excluding hydrogens is 194 g/mol. The first-order valence-electron chi connectivity index (χ1n) is 4.43. The zero-order chi connectivity index (χ0) is 11.1. The molecule has 0 spiro atoms. The highest BCUT2D eigenvalue weighted by Crippen LogP contribution is 1.99. The second-order valence-corrected chi connectivity index (χ2v) is 2.68. The average Bonchev–Trinajstić information content (AvgIpc) is 2.29. The van der Waals surface area contributed by atoms with Crippen LogP contribution in [0, 0.1) is 11.8 Å². The van der Waals surface area contributed by atoms with Crippen molar-refractivity contribution in [3.63, 3.8) is 0 Å². The van der Waals surface area contributed by atoms with Crippen molar-refractivity contribution >= 4 is 5.97 Å². The topological polar surface area (TPSA) is 59.4 Å². The molecule has 1 aromatic rings. The van der Waals surface area contributed by atoms with Crippen LogP contribution in [0.3, 0.4) is 0 Å². The summed E-state index contributed by atoms with van der Waals surface area (Å²) < 4.78 is 4.53. The molecule has 0 aliphatic carbocycles. The second-order valence-electron chi connectivity index (χ2n) is 2.68. The molecule has 0 radical (unpaired) electrons. The quantitative estimate of drug-likeness (QED) is 0.567. The third-order valence-corrected chi connectivity index (χ3v) is 1.60. The lowest BCUT2D eigenvalue weighted by Gasteiger charge is -1.97. The van der Waals surface area contributed by atoms with E-state index in [1.54, 1.807) is 18.2 Å². The molecule has 1 N–H and O–H groups in total. The van der Waals surface area contributed by atoms with Crippen molar-refractivity contribution in [3.05, 3.63) is 29.6 Å². The lowest BCUT2D eigenvalue weighted by atomic mass is 10.3. The molecule has 4 heteroatoms. The Bertz CT molecular complexity index is 404. The van der Waals surface area contributed by atoms with E-state index in [0.29, 0.717) is 12.1 Å². The smallest absolute Gasteiger partial charge is 0.356 e. The van der Waals surface area contributed by atoms with Crippen LogP contribution in [-0.4, -0.2) is 29.8 Å². The van der Waals surface area contributed by atoms with Gasteiger partial charge in [-0.2, -0.15) is 0 Å². The zero-order valence-electron chi connectivity index (χ0n) is 8.36. The van der Waals surface area contributed by atoms with Crippen molar-refractivity contribution in [2.75, 3.05) is 13.7 Å². The summed E-state index contributed by atoms with van der Waals surface area (Å²) in [6, 6.07) is 4.93. The van der Waals surface area contributed by atoms with Gasteiger partial charge in [-0.15, -0.1) is 0 Å². The molecule has 1 rings (SSSR count). The van der Waals surface area contributed by atoms with Crippen molar-refractivity contribution in [2.24, 2.45) is 0 Å². The fourth-order valence-corrected chi connectivity index (χ4v) is 0.932. The summed E-state index contributed by atoms with van der Waals surface area (Å²) in [6.07, 6.45) is 0.393. The average molecular weight is 205 g/mol. The van der Waals surface area contributed by atoms with Crippen LogP contribution in [0.25, 0.3) is 0 Å². The number of carbonyl (C=O) groups excluding carboxylic acids is 1. The van der Waals surface area contributed by atoms with Gasteiger partial charge in [0.2, 0.25) is 0 Å². The Morgan fingerprint density at radius 2 is 2.40 bits per heavy atom. The molecule has 0 fully saturated rings. The van der Waals surface area contributed by atoms with Gasteiger partial charge in [-0.25, -0.2) is 9.78 Å². The fourth-order valence-electron chi connectivity index (χ4n) is 0.932. The number of nitrogens with zero attached hydrogens (tertiary/aromatic N) is 1. The first-order chi connectivity index (χ1) is 7.27. The fraction of sp³-hybridized carbons (Fsp3) is 0.273. The first kappa shape index (κ1) is 11.2. The third-order valence-electron chi connectivity index (χ3n) is 1.60. The molecule has 0 saturated carbocycles. The monoisotopic (exact) mass is 205 g/mol. The molecule has 0 amide bonds. The van der Waals surface area contributed by atoms with Crippen LogP contribution >= 0.6 is 0 Å². The third kappa shape index (κ3) is 3.41. The summed E-state index contributed by atoms with van der Waals surface area (Å²) in [7, 11) is 1.30. The number of aliphatic hydroxyl groups is 1. The number of aliphatic hydroxyl groups excluding tert-OH is 1. The Labute approximate surface area is 87.9 Å². The van der Waals surface area contributed by atoms with Crippen LogP contribution in [0.4, 0.5) is 0 Å². The molecule has 78 valence electrons. The number of ether oxygens (including phenoxy) is 1. The number of aromatic nitrogens is 1. The van der Waals surface area contributed by atoms with Crippen LogP contribution in [0.15, 0.2) is 18.2 Å².